The highest BCUT2D eigenvalue weighted by molar-refractivity contribution is 6.13. The Bertz CT molecular complexity index is 653. The van der Waals surface area contributed by atoms with Gasteiger partial charge >= 0.3 is 0 Å². The summed E-state index contributed by atoms with van der Waals surface area (Å²) in [6.07, 6.45) is 9.70. The number of carbonyl (C=O) groups excluding carboxylic acids is 1. The zero-order valence-corrected chi connectivity index (χ0v) is 12.6. The molecule has 1 aliphatic rings. The van der Waals surface area contributed by atoms with Crippen LogP contribution in [0.15, 0.2) is 53.2 Å². The molecule has 109 valence electrons. The van der Waals surface area contributed by atoms with Crippen LogP contribution in [0.1, 0.15) is 43.1 Å². The second kappa shape index (κ2) is 6.61. The van der Waals surface area contributed by atoms with Crippen molar-refractivity contribution in [3.8, 4) is 0 Å². The van der Waals surface area contributed by atoms with E-state index in [1.165, 1.54) is 0 Å². The van der Waals surface area contributed by atoms with E-state index in [4.69, 9.17) is 0 Å². The monoisotopic (exact) mass is 284 g/mol. The number of hydrogen-bond donors (Lipinski definition) is 0. The molecule has 0 bridgehead atoms. The average Bonchev–Trinajstić information content (AvgIpc) is 3.30. The summed E-state index contributed by atoms with van der Waals surface area (Å²) in [7, 11) is 0. The molecule has 0 fully saturated rings. The van der Waals surface area contributed by atoms with E-state index < -0.39 is 0 Å². The number of hydrogen-bond acceptors (Lipinski definition) is 2. The molecule has 2 nitrogen and oxygen atoms in total. The van der Waals surface area contributed by atoms with Crippen molar-refractivity contribution in [2.24, 2.45) is 0 Å². The topological polar surface area (TPSA) is 30.0 Å². The Balaban J connectivity index is 2.12. The maximum atomic E-state index is 13.8. The van der Waals surface area contributed by atoms with Gasteiger partial charge < -0.3 is 0 Å². The van der Waals surface area contributed by atoms with Crippen molar-refractivity contribution in [2.45, 2.75) is 33.6 Å². The van der Waals surface area contributed by atoms with E-state index >= 15 is 0 Å². The fourth-order valence-electron chi connectivity index (χ4n) is 1.95. The summed E-state index contributed by atoms with van der Waals surface area (Å²) in [4.78, 5) is 16.0. The van der Waals surface area contributed by atoms with Gasteiger partial charge in [-0.1, -0.05) is 18.6 Å². The maximum Gasteiger partial charge on any atom is 0.190 e. The first kappa shape index (κ1) is 15.4. The van der Waals surface area contributed by atoms with Crippen LogP contribution in [-0.2, 0) is 6.42 Å². The molecule has 0 spiro atoms. The third kappa shape index (κ3) is 4.22. The number of rotatable bonds is 6. The minimum absolute atomic E-state index is 0.00103. The van der Waals surface area contributed by atoms with Crippen molar-refractivity contribution in [2.75, 3.05) is 0 Å². The molecule has 3 heteroatoms. The molecule has 0 atom stereocenters. The first-order chi connectivity index (χ1) is 10.0. The standard InChI is InChI=1S/C18H19FNO/c1-4-13(3)17(19)8-12(2)7-14-9-16(11-20-10-14)18(21)15-5-6-15/h5-6,8-11H,4,7H2,1-3H3/b12-8+,17-13-. The molecule has 0 N–H and O–H groups in total. The molecule has 1 heterocycles. The van der Waals surface area contributed by atoms with E-state index in [1.54, 1.807) is 37.9 Å². The Hall–Kier alpha value is -2.03. The van der Waals surface area contributed by atoms with E-state index in [1.807, 2.05) is 19.9 Å². The van der Waals surface area contributed by atoms with Crippen LogP contribution in [0.25, 0.3) is 0 Å². The van der Waals surface area contributed by atoms with Crippen molar-refractivity contribution in [1.82, 2.24) is 4.98 Å². The van der Waals surface area contributed by atoms with Crippen molar-refractivity contribution in [3.05, 3.63) is 70.7 Å². The summed E-state index contributed by atoms with van der Waals surface area (Å²) in [6, 6.07) is 1.83. The number of carbonyl (C=O) groups is 1. The highest BCUT2D eigenvalue weighted by Crippen LogP contribution is 2.23. The smallest absolute Gasteiger partial charge is 0.190 e. The molecular formula is C18H19FNO. The van der Waals surface area contributed by atoms with Gasteiger partial charge in [-0.05, 0) is 50.0 Å². The second-order valence-electron chi connectivity index (χ2n) is 5.35. The Kier molecular flexibility index (Phi) is 4.84. The summed E-state index contributed by atoms with van der Waals surface area (Å²) in [6.45, 7) is 5.61. The largest absolute Gasteiger partial charge is 0.289 e. The molecule has 0 unspecified atom stereocenters. The van der Waals surface area contributed by atoms with Crippen LogP contribution in [0, 0.1) is 6.42 Å². The van der Waals surface area contributed by atoms with Gasteiger partial charge in [0.1, 0.15) is 5.83 Å². The molecule has 2 rings (SSSR count). The molecule has 0 saturated heterocycles. The summed E-state index contributed by atoms with van der Waals surface area (Å²) in [5.74, 6) is -0.174. The molecule has 1 aliphatic carbocycles. The Labute approximate surface area is 125 Å². The minimum atomic E-state index is -0.173. The Morgan fingerprint density at radius 1 is 1.33 bits per heavy atom. The quantitative estimate of drug-likeness (QED) is 0.566. The van der Waals surface area contributed by atoms with Gasteiger partial charge in [0, 0.05) is 30.0 Å². The highest BCUT2D eigenvalue weighted by atomic mass is 19.1. The van der Waals surface area contributed by atoms with Crippen molar-refractivity contribution in [1.29, 1.82) is 0 Å². The molecule has 1 radical (unpaired) electrons. The molecular weight excluding hydrogens is 265 g/mol. The zero-order chi connectivity index (χ0) is 15.4. The van der Waals surface area contributed by atoms with Crippen LogP contribution < -0.4 is 0 Å². The van der Waals surface area contributed by atoms with Gasteiger partial charge in [0.05, 0.1) is 0 Å². The van der Waals surface area contributed by atoms with E-state index in [0.717, 1.165) is 22.3 Å². The lowest BCUT2D eigenvalue weighted by Gasteiger charge is -2.04. The minimum Gasteiger partial charge on any atom is -0.289 e. The normalized spacial score (nSPS) is 15.4. The van der Waals surface area contributed by atoms with Crippen molar-refractivity contribution < 1.29 is 9.18 Å². The first-order valence-corrected chi connectivity index (χ1v) is 7.07. The van der Waals surface area contributed by atoms with Crippen LogP contribution in [-0.4, -0.2) is 10.8 Å². The summed E-state index contributed by atoms with van der Waals surface area (Å²) in [5.41, 5.74) is 3.88. The average molecular weight is 284 g/mol. The number of allylic oxidation sites excluding steroid dienone is 6. The lowest BCUT2D eigenvalue weighted by Crippen LogP contribution is -2.00. The lowest BCUT2D eigenvalue weighted by atomic mass is 10.0. The van der Waals surface area contributed by atoms with E-state index in [2.05, 4.69) is 4.98 Å². The first-order valence-electron chi connectivity index (χ1n) is 7.07. The van der Waals surface area contributed by atoms with Crippen LogP contribution >= 0.6 is 0 Å². The summed E-state index contributed by atoms with van der Waals surface area (Å²) >= 11 is 0. The summed E-state index contributed by atoms with van der Waals surface area (Å²) in [5, 5.41) is 0. The fraction of sp³-hybridized carbons (Fsp3) is 0.278. The van der Waals surface area contributed by atoms with Crippen LogP contribution in [0.5, 0.6) is 0 Å². The fourth-order valence-corrected chi connectivity index (χ4v) is 1.95. The highest BCUT2D eigenvalue weighted by Gasteiger charge is 2.19. The maximum absolute atomic E-state index is 13.8. The number of Topliss-reactive ketones (excluding diaryl/α,β-unsaturated/α-hetero) is 1. The third-order valence-electron chi connectivity index (χ3n) is 3.45. The number of aromatic nitrogens is 1. The van der Waals surface area contributed by atoms with Crippen molar-refractivity contribution in [3.63, 3.8) is 0 Å². The van der Waals surface area contributed by atoms with Gasteiger partial charge in [0.15, 0.2) is 5.78 Å². The van der Waals surface area contributed by atoms with Gasteiger partial charge in [0.25, 0.3) is 0 Å². The molecule has 1 aromatic heterocycles. The zero-order valence-electron chi connectivity index (χ0n) is 12.6. The van der Waals surface area contributed by atoms with Gasteiger partial charge in [0.2, 0.25) is 0 Å². The van der Waals surface area contributed by atoms with Crippen LogP contribution in [0.4, 0.5) is 4.39 Å². The molecule has 21 heavy (non-hydrogen) atoms. The van der Waals surface area contributed by atoms with Gasteiger partial charge in [-0.25, -0.2) is 4.39 Å². The molecule has 0 aliphatic heterocycles. The van der Waals surface area contributed by atoms with Gasteiger partial charge in [-0.2, -0.15) is 0 Å². The Morgan fingerprint density at radius 2 is 2.05 bits per heavy atom. The predicted octanol–water partition coefficient (Wildman–Crippen LogP) is 4.55. The van der Waals surface area contributed by atoms with Gasteiger partial charge in [-0.15, -0.1) is 0 Å². The second-order valence-corrected chi connectivity index (χ2v) is 5.35. The number of halogens is 1. The third-order valence-corrected chi connectivity index (χ3v) is 3.45. The lowest BCUT2D eigenvalue weighted by molar-refractivity contribution is 0.104. The molecule has 0 saturated carbocycles. The number of ketones is 1. The van der Waals surface area contributed by atoms with E-state index in [0.29, 0.717) is 18.4 Å². The van der Waals surface area contributed by atoms with Crippen LogP contribution in [0.2, 0.25) is 0 Å². The van der Waals surface area contributed by atoms with Crippen LogP contribution in [0.3, 0.4) is 0 Å². The van der Waals surface area contributed by atoms with Gasteiger partial charge in [-0.3, -0.25) is 9.78 Å². The predicted molar refractivity (Wildman–Crippen MR) is 82.5 cm³/mol. The molecule has 0 aromatic carbocycles. The number of pyridine rings is 1. The molecule has 0 amide bonds. The van der Waals surface area contributed by atoms with Crippen molar-refractivity contribution >= 4 is 5.78 Å². The SMILES string of the molecule is CC/C(C)=C(F)/C=C(\C)Cc1cncc(C(=O)C2=C[CH]2)c1. The van der Waals surface area contributed by atoms with E-state index in [-0.39, 0.29) is 11.6 Å². The summed E-state index contributed by atoms with van der Waals surface area (Å²) < 4.78 is 13.8. The molecule has 1 aromatic rings. The number of nitrogens with zero attached hydrogens (tertiary/aromatic N) is 1. The Morgan fingerprint density at radius 3 is 2.67 bits per heavy atom. The van der Waals surface area contributed by atoms with E-state index in [9.17, 15) is 9.18 Å².